The molecule has 1 aliphatic heterocycles. The lowest BCUT2D eigenvalue weighted by atomic mass is 9.73. The third kappa shape index (κ3) is 2.60. The van der Waals surface area contributed by atoms with Crippen molar-refractivity contribution in [3.05, 3.63) is 0 Å². The Hall–Kier alpha value is 0.310. The average Bonchev–Trinajstić information content (AvgIpc) is 3.08. The summed E-state index contributed by atoms with van der Waals surface area (Å²) in [6.07, 6.45) is 12.0. The van der Waals surface area contributed by atoms with Gasteiger partial charge in [0.2, 0.25) is 0 Å². The van der Waals surface area contributed by atoms with E-state index in [4.69, 9.17) is 4.74 Å². The molecule has 0 spiro atoms. The van der Waals surface area contributed by atoms with E-state index in [0.29, 0.717) is 10.9 Å². The van der Waals surface area contributed by atoms with Crippen molar-refractivity contribution in [2.45, 2.75) is 81.3 Å². The van der Waals surface area contributed by atoms with Gasteiger partial charge in [-0.15, -0.1) is 11.8 Å². The highest BCUT2D eigenvalue weighted by Gasteiger charge is 2.57. The summed E-state index contributed by atoms with van der Waals surface area (Å²) in [5.41, 5.74) is 0. The maximum absolute atomic E-state index is 5.85. The second-order valence-corrected chi connectivity index (χ2v) is 8.43. The summed E-state index contributed by atoms with van der Waals surface area (Å²) >= 11 is 2.29. The molecule has 18 heavy (non-hydrogen) atoms. The van der Waals surface area contributed by atoms with Crippen LogP contribution in [0.2, 0.25) is 0 Å². The number of hydrogen-bond acceptors (Lipinski definition) is 2. The van der Waals surface area contributed by atoms with Crippen molar-refractivity contribution in [2.24, 2.45) is 11.8 Å². The Bertz CT molecular complexity index is 293. The van der Waals surface area contributed by atoms with Gasteiger partial charge in [-0.25, -0.2) is 0 Å². The van der Waals surface area contributed by atoms with E-state index in [9.17, 15) is 0 Å². The van der Waals surface area contributed by atoms with Gasteiger partial charge in [-0.05, 0) is 57.8 Å². The zero-order valence-electron chi connectivity index (χ0n) is 12.0. The van der Waals surface area contributed by atoms with Crippen LogP contribution in [0.5, 0.6) is 0 Å². The van der Waals surface area contributed by atoms with Gasteiger partial charge >= 0.3 is 0 Å². The average molecular weight is 268 g/mol. The molecule has 0 N–H and O–H groups in total. The highest BCUT2D eigenvalue weighted by Crippen LogP contribution is 2.65. The van der Waals surface area contributed by atoms with Gasteiger partial charge in [-0.2, -0.15) is 0 Å². The van der Waals surface area contributed by atoms with Crippen molar-refractivity contribution in [1.29, 1.82) is 0 Å². The molecule has 0 amide bonds. The van der Waals surface area contributed by atoms with Crippen molar-refractivity contribution in [1.82, 2.24) is 0 Å². The van der Waals surface area contributed by atoms with Gasteiger partial charge in [-0.3, -0.25) is 0 Å². The lowest BCUT2D eigenvalue weighted by Crippen LogP contribution is -2.29. The Kier molecular flexibility index (Phi) is 3.96. The number of fused-ring (bicyclic) bond motifs is 1. The number of rotatable bonds is 3. The molecule has 2 heteroatoms. The molecule has 0 radical (unpaired) electrons. The van der Waals surface area contributed by atoms with Gasteiger partial charge in [0.25, 0.3) is 0 Å². The number of thioether (sulfide) groups is 1. The fourth-order valence-electron chi connectivity index (χ4n) is 4.45. The van der Waals surface area contributed by atoms with Crippen molar-refractivity contribution in [2.75, 3.05) is 6.61 Å². The molecule has 104 valence electrons. The number of hydrogen-bond donors (Lipinski definition) is 0. The maximum atomic E-state index is 5.85. The van der Waals surface area contributed by atoms with Crippen molar-refractivity contribution in [3.63, 3.8) is 0 Å². The first-order chi connectivity index (χ1) is 8.73. The second kappa shape index (κ2) is 5.36. The lowest BCUT2D eigenvalue weighted by Gasteiger charge is -2.31. The standard InChI is InChI=1S/C16H28OS/c1-3-17-13-7-4-6-12(9-10-13)14-8-5-11-16(2)15(14)18-16/h12-15H,3-11H2,1-2H3. The Labute approximate surface area is 116 Å². The fourth-order valence-corrected chi connectivity index (χ4v) is 6.05. The molecule has 3 rings (SSSR count). The molecule has 0 aromatic rings. The van der Waals surface area contributed by atoms with E-state index in [2.05, 4.69) is 25.6 Å². The summed E-state index contributed by atoms with van der Waals surface area (Å²) in [7, 11) is 0. The van der Waals surface area contributed by atoms with Crippen LogP contribution in [0.4, 0.5) is 0 Å². The molecule has 1 heterocycles. The number of ether oxygens (including phenoxy) is 1. The molecule has 0 aromatic carbocycles. The van der Waals surface area contributed by atoms with Crippen LogP contribution in [0.25, 0.3) is 0 Å². The Morgan fingerprint density at radius 1 is 1.11 bits per heavy atom. The van der Waals surface area contributed by atoms with Gasteiger partial charge < -0.3 is 4.74 Å². The molecule has 2 saturated carbocycles. The van der Waals surface area contributed by atoms with Gasteiger partial charge in [0.1, 0.15) is 0 Å². The summed E-state index contributed by atoms with van der Waals surface area (Å²) in [5, 5.41) is 1.01. The summed E-state index contributed by atoms with van der Waals surface area (Å²) in [4.78, 5) is 0. The van der Waals surface area contributed by atoms with Crippen LogP contribution >= 0.6 is 11.8 Å². The van der Waals surface area contributed by atoms with E-state index < -0.39 is 0 Å². The van der Waals surface area contributed by atoms with Crippen LogP contribution in [0.3, 0.4) is 0 Å². The molecule has 0 aromatic heterocycles. The third-order valence-electron chi connectivity index (χ3n) is 5.51. The van der Waals surface area contributed by atoms with Crippen LogP contribution in [0.1, 0.15) is 65.2 Å². The minimum Gasteiger partial charge on any atom is -0.379 e. The van der Waals surface area contributed by atoms with Crippen LogP contribution in [-0.4, -0.2) is 22.7 Å². The highest BCUT2D eigenvalue weighted by atomic mass is 32.2. The topological polar surface area (TPSA) is 9.23 Å². The quantitative estimate of drug-likeness (QED) is 0.544. The minimum atomic E-state index is 0.571. The maximum Gasteiger partial charge on any atom is 0.0575 e. The first-order valence-corrected chi connectivity index (χ1v) is 8.90. The van der Waals surface area contributed by atoms with Crippen LogP contribution in [0, 0.1) is 11.8 Å². The molecule has 3 fully saturated rings. The molecule has 5 unspecified atom stereocenters. The molecular formula is C16H28OS. The SMILES string of the molecule is CCOC1CCCC(C2CCCC3(C)SC23)CC1. The van der Waals surface area contributed by atoms with Crippen molar-refractivity contribution < 1.29 is 4.74 Å². The monoisotopic (exact) mass is 268 g/mol. The van der Waals surface area contributed by atoms with Crippen LogP contribution in [0.15, 0.2) is 0 Å². The Morgan fingerprint density at radius 3 is 2.83 bits per heavy atom. The van der Waals surface area contributed by atoms with E-state index in [-0.39, 0.29) is 0 Å². The molecule has 2 aliphatic carbocycles. The molecular weight excluding hydrogens is 240 g/mol. The van der Waals surface area contributed by atoms with E-state index in [0.717, 1.165) is 23.7 Å². The molecule has 3 aliphatic rings. The zero-order valence-corrected chi connectivity index (χ0v) is 12.8. The summed E-state index contributed by atoms with van der Waals surface area (Å²) in [6, 6.07) is 0. The van der Waals surface area contributed by atoms with E-state index in [1.807, 2.05) is 0 Å². The van der Waals surface area contributed by atoms with Crippen molar-refractivity contribution in [3.8, 4) is 0 Å². The van der Waals surface area contributed by atoms with E-state index in [1.165, 1.54) is 51.4 Å². The zero-order chi connectivity index (χ0) is 12.6. The predicted octanol–water partition coefficient (Wildman–Crippen LogP) is 4.65. The van der Waals surface area contributed by atoms with Crippen LogP contribution in [-0.2, 0) is 4.74 Å². The molecule has 0 bridgehead atoms. The van der Waals surface area contributed by atoms with Gasteiger partial charge in [0, 0.05) is 16.6 Å². The van der Waals surface area contributed by atoms with Crippen molar-refractivity contribution >= 4 is 11.8 Å². The summed E-state index contributed by atoms with van der Waals surface area (Å²) < 4.78 is 6.54. The van der Waals surface area contributed by atoms with Gasteiger partial charge in [-0.1, -0.05) is 19.3 Å². The second-order valence-electron chi connectivity index (χ2n) is 6.75. The minimum absolute atomic E-state index is 0.571. The fraction of sp³-hybridized carbons (Fsp3) is 1.00. The Morgan fingerprint density at radius 2 is 2.00 bits per heavy atom. The van der Waals surface area contributed by atoms with Gasteiger partial charge in [0.05, 0.1) is 6.10 Å². The first kappa shape index (κ1) is 13.3. The van der Waals surface area contributed by atoms with Crippen LogP contribution < -0.4 is 0 Å². The molecule has 5 atom stereocenters. The molecule has 1 saturated heterocycles. The lowest BCUT2D eigenvalue weighted by molar-refractivity contribution is 0.0508. The molecule has 1 nitrogen and oxygen atoms in total. The highest BCUT2D eigenvalue weighted by molar-refractivity contribution is 8.08. The summed E-state index contributed by atoms with van der Waals surface area (Å²) in [6.45, 7) is 5.54. The predicted molar refractivity (Wildman–Crippen MR) is 79.1 cm³/mol. The third-order valence-corrected chi connectivity index (χ3v) is 7.37. The summed E-state index contributed by atoms with van der Waals surface area (Å²) in [5.74, 6) is 2.05. The van der Waals surface area contributed by atoms with Gasteiger partial charge in [0.15, 0.2) is 0 Å². The largest absolute Gasteiger partial charge is 0.379 e. The first-order valence-electron chi connectivity index (χ1n) is 8.02. The Balaban J connectivity index is 1.56. The smallest absolute Gasteiger partial charge is 0.0575 e. The van der Waals surface area contributed by atoms with E-state index >= 15 is 0 Å². The normalized spacial score (nSPS) is 48.3. The van der Waals surface area contributed by atoms with E-state index in [1.54, 1.807) is 0 Å².